The summed E-state index contributed by atoms with van der Waals surface area (Å²) < 4.78 is 19.1. The summed E-state index contributed by atoms with van der Waals surface area (Å²) in [6, 6.07) is 17.3. The van der Waals surface area contributed by atoms with Crippen molar-refractivity contribution in [3.8, 4) is 11.3 Å². The predicted molar refractivity (Wildman–Crippen MR) is 111 cm³/mol. The standard InChI is InChI=1S/C21H18FNO2S2/c22-16-7-5-14(6-8-16)18-9-10-19(25-18)20(24)23-17-4-1-3-15(13-17)21-26-11-2-12-27-21/h1,3-10,13,21H,2,11-12H2,(H,23,24). The van der Waals surface area contributed by atoms with Gasteiger partial charge in [-0.25, -0.2) is 4.39 Å². The van der Waals surface area contributed by atoms with Crippen LogP contribution >= 0.6 is 23.5 Å². The number of benzene rings is 2. The molecular weight excluding hydrogens is 381 g/mol. The molecule has 0 spiro atoms. The molecule has 1 fully saturated rings. The summed E-state index contributed by atoms with van der Waals surface area (Å²) in [6.45, 7) is 0. The normalized spacial score (nSPS) is 14.9. The minimum absolute atomic E-state index is 0.223. The van der Waals surface area contributed by atoms with Gasteiger partial charge in [-0.1, -0.05) is 12.1 Å². The van der Waals surface area contributed by atoms with Gasteiger partial charge in [0.1, 0.15) is 11.6 Å². The van der Waals surface area contributed by atoms with Crippen LogP contribution in [0.1, 0.15) is 27.1 Å². The van der Waals surface area contributed by atoms with Crippen molar-refractivity contribution in [2.45, 2.75) is 11.0 Å². The van der Waals surface area contributed by atoms with Crippen molar-refractivity contribution in [1.82, 2.24) is 0 Å². The van der Waals surface area contributed by atoms with Crippen LogP contribution in [0.2, 0.25) is 0 Å². The van der Waals surface area contributed by atoms with Crippen LogP contribution < -0.4 is 5.32 Å². The first-order chi connectivity index (χ1) is 13.2. The summed E-state index contributed by atoms with van der Waals surface area (Å²) in [6.07, 6.45) is 1.25. The highest BCUT2D eigenvalue weighted by Gasteiger charge is 2.18. The number of rotatable bonds is 4. The van der Waals surface area contributed by atoms with E-state index in [1.165, 1.54) is 35.6 Å². The lowest BCUT2D eigenvalue weighted by Crippen LogP contribution is -2.11. The molecule has 0 radical (unpaired) electrons. The van der Waals surface area contributed by atoms with Gasteiger partial charge >= 0.3 is 0 Å². The zero-order chi connectivity index (χ0) is 18.6. The first kappa shape index (κ1) is 18.2. The maximum Gasteiger partial charge on any atom is 0.291 e. The number of hydrogen-bond acceptors (Lipinski definition) is 4. The summed E-state index contributed by atoms with van der Waals surface area (Å²) in [5.74, 6) is 2.49. The zero-order valence-electron chi connectivity index (χ0n) is 14.5. The monoisotopic (exact) mass is 399 g/mol. The van der Waals surface area contributed by atoms with Gasteiger partial charge in [0.15, 0.2) is 5.76 Å². The van der Waals surface area contributed by atoms with Gasteiger partial charge in [-0.15, -0.1) is 23.5 Å². The number of amides is 1. The summed E-state index contributed by atoms with van der Waals surface area (Å²) in [5.41, 5.74) is 2.70. The zero-order valence-corrected chi connectivity index (χ0v) is 16.1. The Morgan fingerprint density at radius 1 is 1.04 bits per heavy atom. The van der Waals surface area contributed by atoms with Crippen molar-refractivity contribution in [2.24, 2.45) is 0 Å². The van der Waals surface area contributed by atoms with E-state index in [1.54, 1.807) is 24.3 Å². The number of hydrogen-bond donors (Lipinski definition) is 1. The second kappa shape index (κ2) is 8.23. The third-order valence-electron chi connectivity index (χ3n) is 4.20. The van der Waals surface area contributed by atoms with E-state index in [-0.39, 0.29) is 17.5 Å². The average molecular weight is 400 g/mol. The number of thioether (sulfide) groups is 2. The molecule has 0 saturated carbocycles. The van der Waals surface area contributed by atoms with E-state index in [9.17, 15) is 9.18 Å². The van der Waals surface area contributed by atoms with Gasteiger partial charge in [0.05, 0.1) is 4.58 Å². The SMILES string of the molecule is O=C(Nc1cccc(C2SCCCS2)c1)c1ccc(-c2ccc(F)cc2)o1. The Hall–Kier alpha value is -2.18. The fraction of sp³-hybridized carbons (Fsp3) is 0.190. The Morgan fingerprint density at radius 3 is 2.59 bits per heavy atom. The fourth-order valence-electron chi connectivity index (χ4n) is 2.87. The Bertz CT molecular complexity index is 933. The molecule has 0 bridgehead atoms. The van der Waals surface area contributed by atoms with Crippen molar-refractivity contribution in [1.29, 1.82) is 0 Å². The first-order valence-corrected chi connectivity index (χ1v) is 10.8. The molecule has 1 aliphatic rings. The van der Waals surface area contributed by atoms with Crippen molar-refractivity contribution < 1.29 is 13.6 Å². The highest BCUT2D eigenvalue weighted by Crippen LogP contribution is 2.44. The van der Waals surface area contributed by atoms with Crippen LogP contribution in [0.15, 0.2) is 65.1 Å². The van der Waals surface area contributed by atoms with Gasteiger partial charge in [-0.2, -0.15) is 0 Å². The first-order valence-electron chi connectivity index (χ1n) is 8.69. The van der Waals surface area contributed by atoms with Crippen molar-refractivity contribution in [2.75, 3.05) is 16.8 Å². The van der Waals surface area contributed by atoms with E-state index in [1.807, 2.05) is 41.7 Å². The van der Waals surface area contributed by atoms with E-state index in [4.69, 9.17) is 4.42 Å². The minimum atomic E-state index is -0.308. The highest BCUT2D eigenvalue weighted by atomic mass is 32.2. The molecule has 1 aromatic heterocycles. The van der Waals surface area contributed by atoms with Gasteiger partial charge in [0.2, 0.25) is 0 Å². The van der Waals surface area contributed by atoms with Gasteiger partial charge in [-0.3, -0.25) is 4.79 Å². The number of carbonyl (C=O) groups is 1. The molecule has 2 aromatic carbocycles. The lowest BCUT2D eigenvalue weighted by molar-refractivity contribution is 0.0997. The van der Waals surface area contributed by atoms with Crippen LogP contribution in [0.4, 0.5) is 10.1 Å². The van der Waals surface area contributed by atoms with Gasteiger partial charge in [0.25, 0.3) is 5.91 Å². The molecular formula is C21H18FNO2S2. The lowest BCUT2D eigenvalue weighted by atomic mass is 10.2. The molecule has 4 rings (SSSR count). The maximum absolute atomic E-state index is 13.0. The summed E-state index contributed by atoms with van der Waals surface area (Å²) >= 11 is 3.89. The smallest absolute Gasteiger partial charge is 0.291 e. The second-order valence-electron chi connectivity index (χ2n) is 6.18. The molecule has 27 heavy (non-hydrogen) atoms. The van der Waals surface area contributed by atoms with Gasteiger partial charge in [-0.05, 0) is 72.0 Å². The van der Waals surface area contributed by atoms with Crippen LogP contribution in [0, 0.1) is 5.82 Å². The number of furan rings is 1. The number of halogens is 1. The third-order valence-corrected chi connectivity index (χ3v) is 7.22. The Kier molecular flexibility index (Phi) is 5.55. The van der Waals surface area contributed by atoms with Crippen LogP contribution in [0.25, 0.3) is 11.3 Å². The Labute approximate surface area is 165 Å². The van der Waals surface area contributed by atoms with E-state index in [0.717, 1.165) is 11.3 Å². The van der Waals surface area contributed by atoms with Crippen LogP contribution in [0.3, 0.4) is 0 Å². The van der Waals surface area contributed by atoms with Gasteiger partial charge in [0, 0.05) is 11.3 Å². The number of nitrogens with one attached hydrogen (secondary N) is 1. The molecule has 6 heteroatoms. The van der Waals surface area contributed by atoms with Crippen LogP contribution in [0.5, 0.6) is 0 Å². The Balaban J connectivity index is 1.47. The largest absolute Gasteiger partial charge is 0.451 e. The molecule has 1 saturated heterocycles. The molecule has 138 valence electrons. The highest BCUT2D eigenvalue weighted by molar-refractivity contribution is 8.16. The molecule has 3 aromatic rings. The lowest BCUT2D eigenvalue weighted by Gasteiger charge is -2.21. The summed E-state index contributed by atoms with van der Waals surface area (Å²) in [4.78, 5) is 12.5. The minimum Gasteiger partial charge on any atom is -0.451 e. The van der Waals surface area contributed by atoms with E-state index < -0.39 is 0 Å². The van der Waals surface area contributed by atoms with E-state index in [2.05, 4.69) is 11.4 Å². The van der Waals surface area contributed by atoms with Gasteiger partial charge < -0.3 is 9.73 Å². The molecule has 1 amide bonds. The Morgan fingerprint density at radius 2 is 1.81 bits per heavy atom. The molecule has 0 aliphatic carbocycles. The maximum atomic E-state index is 13.0. The number of carbonyl (C=O) groups excluding carboxylic acids is 1. The van der Waals surface area contributed by atoms with Crippen LogP contribution in [-0.4, -0.2) is 17.4 Å². The van der Waals surface area contributed by atoms with Crippen molar-refractivity contribution in [3.05, 3.63) is 77.8 Å². The average Bonchev–Trinajstić information content (AvgIpc) is 3.20. The summed E-state index contributed by atoms with van der Waals surface area (Å²) in [7, 11) is 0. The van der Waals surface area contributed by atoms with Crippen molar-refractivity contribution in [3.63, 3.8) is 0 Å². The quantitative estimate of drug-likeness (QED) is 0.567. The summed E-state index contributed by atoms with van der Waals surface area (Å²) in [5, 5.41) is 2.90. The topological polar surface area (TPSA) is 42.2 Å². The molecule has 1 aliphatic heterocycles. The fourth-order valence-corrected chi connectivity index (χ4v) is 5.74. The molecule has 0 unspecified atom stereocenters. The number of anilines is 1. The van der Waals surface area contributed by atoms with Crippen molar-refractivity contribution >= 4 is 35.1 Å². The second-order valence-corrected chi connectivity index (χ2v) is 8.90. The predicted octanol–water partition coefficient (Wildman–Crippen LogP) is 6.21. The molecule has 3 nitrogen and oxygen atoms in total. The molecule has 2 heterocycles. The molecule has 1 N–H and O–H groups in total. The molecule has 0 atom stereocenters. The van der Waals surface area contributed by atoms with Crippen LogP contribution in [-0.2, 0) is 0 Å². The van der Waals surface area contributed by atoms with E-state index >= 15 is 0 Å². The van der Waals surface area contributed by atoms with E-state index in [0.29, 0.717) is 10.3 Å². The third kappa shape index (κ3) is 4.39.